The van der Waals surface area contributed by atoms with E-state index in [2.05, 4.69) is 12.2 Å². The third-order valence-corrected chi connectivity index (χ3v) is 3.99. The summed E-state index contributed by atoms with van der Waals surface area (Å²) >= 11 is 0. The van der Waals surface area contributed by atoms with Crippen molar-refractivity contribution in [2.45, 2.75) is 32.9 Å². The van der Waals surface area contributed by atoms with Crippen LogP contribution in [0.1, 0.15) is 36.0 Å². The average Bonchev–Trinajstić information content (AvgIpc) is 3.12. The number of rotatable bonds is 6. The Morgan fingerprint density at radius 1 is 1.21 bits per heavy atom. The number of furan rings is 1. The number of pyridine rings is 1. The van der Waals surface area contributed by atoms with E-state index in [-0.39, 0.29) is 11.5 Å². The van der Waals surface area contributed by atoms with Crippen LogP contribution in [-0.2, 0) is 13.1 Å². The van der Waals surface area contributed by atoms with Gasteiger partial charge in [0.2, 0.25) is 0 Å². The van der Waals surface area contributed by atoms with Crippen LogP contribution in [0.4, 0.5) is 0 Å². The molecule has 0 saturated heterocycles. The van der Waals surface area contributed by atoms with Crippen LogP contribution in [0.5, 0.6) is 0 Å². The first-order valence-electron chi connectivity index (χ1n) is 8.14. The number of hydrogen-bond acceptors (Lipinski definition) is 3. The number of nitrogens with one attached hydrogen (secondary N) is 1. The molecule has 124 valence electrons. The summed E-state index contributed by atoms with van der Waals surface area (Å²) in [6, 6.07) is 12.7. The Balaban J connectivity index is 1.97. The summed E-state index contributed by atoms with van der Waals surface area (Å²) in [6.45, 7) is 2.88. The molecule has 3 rings (SSSR count). The maximum absolute atomic E-state index is 12.8. The van der Waals surface area contributed by atoms with Gasteiger partial charge in [0.05, 0.1) is 12.8 Å². The van der Waals surface area contributed by atoms with E-state index in [1.807, 2.05) is 18.2 Å². The lowest BCUT2D eigenvalue weighted by atomic mass is 10.1. The van der Waals surface area contributed by atoms with E-state index < -0.39 is 0 Å². The second-order valence-electron chi connectivity index (χ2n) is 5.69. The molecule has 2 heterocycles. The lowest BCUT2D eigenvalue weighted by molar-refractivity contribution is 0.0937. The summed E-state index contributed by atoms with van der Waals surface area (Å²) in [5, 5.41) is 4.23. The van der Waals surface area contributed by atoms with Gasteiger partial charge in [0.15, 0.2) is 0 Å². The number of fused-ring (bicyclic) bond motifs is 1. The number of benzene rings is 1. The van der Waals surface area contributed by atoms with Crippen LogP contribution in [0.3, 0.4) is 0 Å². The van der Waals surface area contributed by atoms with Crippen LogP contribution in [0.25, 0.3) is 10.8 Å². The second-order valence-corrected chi connectivity index (χ2v) is 5.69. The number of amides is 1. The van der Waals surface area contributed by atoms with Crippen LogP contribution in [-0.4, -0.2) is 10.5 Å². The zero-order chi connectivity index (χ0) is 16.9. The van der Waals surface area contributed by atoms with Crippen molar-refractivity contribution in [3.63, 3.8) is 0 Å². The first kappa shape index (κ1) is 16.1. The normalized spacial score (nSPS) is 10.9. The second kappa shape index (κ2) is 7.17. The molecule has 0 fully saturated rings. The van der Waals surface area contributed by atoms with Gasteiger partial charge in [-0.25, -0.2) is 0 Å². The summed E-state index contributed by atoms with van der Waals surface area (Å²) in [7, 11) is 0. The van der Waals surface area contributed by atoms with Gasteiger partial charge in [-0.1, -0.05) is 31.5 Å². The Hall–Kier alpha value is -2.82. The molecule has 1 aromatic carbocycles. The highest BCUT2D eigenvalue weighted by Gasteiger charge is 2.15. The summed E-state index contributed by atoms with van der Waals surface area (Å²) in [4.78, 5) is 25.4. The molecule has 0 unspecified atom stereocenters. The third kappa shape index (κ3) is 3.25. The Labute approximate surface area is 139 Å². The van der Waals surface area contributed by atoms with Crippen molar-refractivity contribution in [1.82, 2.24) is 9.88 Å². The first-order valence-corrected chi connectivity index (χ1v) is 8.14. The minimum Gasteiger partial charge on any atom is -0.467 e. The van der Waals surface area contributed by atoms with Gasteiger partial charge >= 0.3 is 0 Å². The van der Waals surface area contributed by atoms with Crippen LogP contribution < -0.4 is 10.9 Å². The zero-order valence-corrected chi connectivity index (χ0v) is 13.6. The number of nitrogens with zero attached hydrogens (tertiary/aromatic N) is 1. The van der Waals surface area contributed by atoms with Gasteiger partial charge in [-0.2, -0.15) is 0 Å². The van der Waals surface area contributed by atoms with Crippen molar-refractivity contribution in [1.29, 1.82) is 0 Å². The molecule has 0 aliphatic carbocycles. The molecule has 0 bridgehead atoms. The molecule has 2 aromatic heterocycles. The molecule has 5 heteroatoms. The maximum atomic E-state index is 12.8. The van der Waals surface area contributed by atoms with Gasteiger partial charge in [0, 0.05) is 11.9 Å². The van der Waals surface area contributed by atoms with Gasteiger partial charge < -0.3 is 14.3 Å². The Morgan fingerprint density at radius 3 is 2.79 bits per heavy atom. The Bertz CT molecular complexity index is 895. The fourth-order valence-corrected chi connectivity index (χ4v) is 2.70. The van der Waals surface area contributed by atoms with Gasteiger partial charge in [-0.05, 0) is 36.1 Å². The molecule has 3 aromatic rings. The standard InChI is InChI=1S/C19H20N2O3/c1-2-3-10-21-17(18(22)20-13-15-8-6-11-24-15)12-14-7-4-5-9-16(14)19(21)23/h4-9,11-12H,2-3,10,13H2,1H3,(H,20,22). The molecule has 5 nitrogen and oxygen atoms in total. The van der Waals surface area contributed by atoms with Crippen molar-refractivity contribution in [3.05, 3.63) is 70.5 Å². The SMILES string of the molecule is CCCCn1c(C(=O)NCc2ccco2)cc2ccccc2c1=O. The van der Waals surface area contributed by atoms with Crippen molar-refractivity contribution >= 4 is 16.7 Å². The van der Waals surface area contributed by atoms with E-state index in [1.165, 1.54) is 0 Å². The molecule has 0 atom stereocenters. The average molecular weight is 324 g/mol. The summed E-state index contributed by atoms with van der Waals surface area (Å²) in [5.74, 6) is 0.400. The van der Waals surface area contributed by atoms with E-state index in [9.17, 15) is 9.59 Å². The summed E-state index contributed by atoms with van der Waals surface area (Å²) in [6.07, 6.45) is 3.36. The largest absolute Gasteiger partial charge is 0.467 e. The third-order valence-electron chi connectivity index (χ3n) is 3.99. The Kier molecular flexibility index (Phi) is 4.79. The molecule has 0 radical (unpaired) electrons. The van der Waals surface area contributed by atoms with Gasteiger partial charge in [0.1, 0.15) is 11.5 Å². The summed E-state index contributed by atoms with van der Waals surface area (Å²) < 4.78 is 6.80. The number of carbonyl (C=O) groups is 1. The minimum absolute atomic E-state index is 0.121. The van der Waals surface area contributed by atoms with E-state index in [0.29, 0.717) is 29.9 Å². The number of hydrogen-bond donors (Lipinski definition) is 1. The molecule has 0 spiro atoms. The quantitative estimate of drug-likeness (QED) is 0.756. The van der Waals surface area contributed by atoms with E-state index in [0.717, 1.165) is 18.2 Å². The minimum atomic E-state index is -0.273. The van der Waals surface area contributed by atoms with Crippen molar-refractivity contribution in [2.24, 2.45) is 0 Å². The molecular formula is C19H20N2O3. The molecular weight excluding hydrogens is 304 g/mol. The van der Waals surface area contributed by atoms with Crippen molar-refractivity contribution in [2.75, 3.05) is 0 Å². The molecule has 0 aliphatic rings. The molecule has 0 saturated carbocycles. The highest BCUT2D eigenvalue weighted by molar-refractivity contribution is 5.96. The number of carbonyl (C=O) groups excluding carboxylic acids is 1. The van der Waals surface area contributed by atoms with Gasteiger partial charge in [-0.3, -0.25) is 9.59 Å². The van der Waals surface area contributed by atoms with Gasteiger partial charge in [-0.15, -0.1) is 0 Å². The van der Waals surface area contributed by atoms with Crippen LogP contribution >= 0.6 is 0 Å². The van der Waals surface area contributed by atoms with Crippen molar-refractivity contribution < 1.29 is 9.21 Å². The first-order chi connectivity index (χ1) is 11.7. The molecule has 0 aliphatic heterocycles. The topological polar surface area (TPSA) is 64.2 Å². The van der Waals surface area contributed by atoms with Crippen molar-refractivity contribution in [3.8, 4) is 0 Å². The monoisotopic (exact) mass is 324 g/mol. The lowest BCUT2D eigenvalue weighted by Gasteiger charge is -2.14. The molecule has 1 amide bonds. The van der Waals surface area contributed by atoms with Gasteiger partial charge in [0.25, 0.3) is 11.5 Å². The highest BCUT2D eigenvalue weighted by Crippen LogP contribution is 2.13. The fourth-order valence-electron chi connectivity index (χ4n) is 2.70. The Morgan fingerprint density at radius 2 is 2.04 bits per heavy atom. The van der Waals surface area contributed by atoms with Crippen LogP contribution in [0, 0.1) is 0 Å². The van der Waals surface area contributed by atoms with Crippen LogP contribution in [0.2, 0.25) is 0 Å². The molecule has 24 heavy (non-hydrogen) atoms. The van der Waals surface area contributed by atoms with E-state index in [4.69, 9.17) is 4.42 Å². The van der Waals surface area contributed by atoms with Crippen LogP contribution in [0.15, 0.2) is 57.9 Å². The maximum Gasteiger partial charge on any atom is 0.268 e. The van der Waals surface area contributed by atoms with E-state index in [1.54, 1.807) is 35.1 Å². The van der Waals surface area contributed by atoms with E-state index >= 15 is 0 Å². The zero-order valence-electron chi connectivity index (χ0n) is 13.6. The lowest BCUT2D eigenvalue weighted by Crippen LogP contribution is -2.32. The fraction of sp³-hybridized carbons (Fsp3) is 0.263. The number of aromatic nitrogens is 1. The summed E-state index contributed by atoms with van der Waals surface area (Å²) in [5.41, 5.74) is 0.267. The predicted molar refractivity (Wildman–Crippen MR) is 93.0 cm³/mol. The smallest absolute Gasteiger partial charge is 0.268 e. The molecule has 1 N–H and O–H groups in total. The predicted octanol–water partition coefficient (Wildman–Crippen LogP) is 3.32. The number of unbranched alkanes of at least 4 members (excludes halogenated alkanes) is 1. The highest BCUT2D eigenvalue weighted by atomic mass is 16.3.